The molecule has 0 saturated heterocycles. The minimum atomic E-state index is 0.653. The van der Waals surface area contributed by atoms with E-state index < -0.39 is 0 Å². The Morgan fingerprint density at radius 1 is 1.41 bits per heavy atom. The number of pyridine rings is 1. The van der Waals surface area contributed by atoms with Crippen LogP contribution in [0, 0.1) is 12.8 Å². The lowest BCUT2D eigenvalue weighted by molar-refractivity contribution is 0.192. The summed E-state index contributed by atoms with van der Waals surface area (Å²) in [6.45, 7) is 3.89. The van der Waals surface area contributed by atoms with Crippen LogP contribution in [0.15, 0.2) is 18.5 Å². The molecule has 94 valence electrons. The fourth-order valence-electron chi connectivity index (χ4n) is 2.98. The van der Waals surface area contributed by atoms with Crippen LogP contribution in [0.1, 0.15) is 30.4 Å². The van der Waals surface area contributed by atoms with Crippen molar-refractivity contribution >= 4 is 0 Å². The number of aromatic nitrogens is 1. The van der Waals surface area contributed by atoms with Crippen molar-refractivity contribution in [2.75, 3.05) is 13.6 Å². The first kappa shape index (κ1) is 12.5. The van der Waals surface area contributed by atoms with Gasteiger partial charge in [-0.2, -0.15) is 0 Å². The van der Waals surface area contributed by atoms with E-state index in [1.54, 1.807) is 0 Å². The predicted molar refractivity (Wildman–Crippen MR) is 70.6 cm³/mol. The van der Waals surface area contributed by atoms with Gasteiger partial charge in [-0.1, -0.05) is 12.5 Å². The lowest BCUT2D eigenvalue weighted by atomic mass is 10.0. The van der Waals surface area contributed by atoms with E-state index in [1.807, 2.05) is 12.4 Å². The first-order chi connectivity index (χ1) is 8.20. The van der Waals surface area contributed by atoms with Crippen LogP contribution < -0.4 is 5.73 Å². The molecule has 3 heteroatoms. The largest absolute Gasteiger partial charge is 0.330 e. The number of hydrogen-bond donors (Lipinski definition) is 1. The maximum atomic E-state index is 5.84. The van der Waals surface area contributed by atoms with Gasteiger partial charge in [-0.15, -0.1) is 0 Å². The molecule has 1 saturated carbocycles. The summed E-state index contributed by atoms with van der Waals surface area (Å²) in [7, 11) is 2.21. The van der Waals surface area contributed by atoms with E-state index in [0.717, 1.165) is 13.1 Å². The molecule has 0 spiro atoms. The molecule has 1 aromatic rings. The van der Waals surface area contributed by atoms with Crippen LogP contribution in [0.5, 0.6) is 0 Å². The molecule has 0 radical (unpaired) electrons. The summed E-state index contributed by atoms with van der Waals surface area (Å²) >= 11 is 0. The molecule has 0 bridgehead atoms. The van der Waals surface area contributed by atoms with Gasteiger partial charge in [0.15, 0.2) is 0 Å². The molecule has 1 heterocycles. The second-order valence-corrected chi connectivity index (χ2v) is 5.28. The second-order valence-electron chi connectivity index (χ2n) is 5.28. The zero-order chi connectivity index (χ0) is 12.3. The lowest BCUT2D eigenvalue weighted by Crippen LogP contribution is -2.37. The molecule has 2 unspecified atom stereocenters. The van der Waals surface area contributed by atoms with Gasteiger partial charge in [-0.3, -0.25) is 9.88 Å². The number of nitrogens with two attached hydrogens (primary N) is 1. The molecule has 1 fully saturated rings. The SMILES string of the molecule is Cc1cncc(CN(C)C2CCCC2CN)c1. The van der Waals surface area contributed by atoms with Crippen molar-refractivity contribution < 1.29 is 0 Å². The number of nitrogens with zero attached hydrogens (tertiary/aromatic N) is 2. The van der Waals surface area contributed by atoms with Crippen LogP contribution in [0.2, 0.25) is 0 Å². The summed E-state index contributed by atoms with van der Waals surface area (Å²) in [5, 5.41) is 0. The normalized spacial score (nSPS) is 24.5. The van der Waals surface area contributed by atoms with E-state index in [4.69, 9.17) is 5.73 Å². The third kappa shape index (κ3) is 3.05. The van der Waals surface area contributed by atoms with Crippen molar-refractivity contribution in [3.8, 4) is 0 Å². The van der Waals surface area contributed by atoms with Crippen molar-refractivity contribution in [3.63, 3.8) is 0 Å². The molecule has 3 nitrogen and oxygen atoms in total. The summed E-state index contributed by atoms with van der Waals surface area (Å²) in [5.41, 5.74) is 8.38. The third-order valence-electron chi connectivity index (χ3n) is 3.85. The highest BCUT2D eigenvalue weighted by atomic mass is 15.1. The highest BCUT2D eigenvalue weighted by Gasteiger charge is 2.29. The smallest absolute Gasteiger partial charge is 0.0313 e. The third-order valence-corrected chi connectivity index (χ3v) is 3.85. The number of aryl methyl sites for hydroxylation is 1. The minimum absolute atomic E-state index is 0.653. The standard InChI is InChI=1S/C14H23N3/c1-11-6-12(9-16-8-11)10-17(2)14-5-3-4-13(14)7-15/h6,8-9,13-14H,3-5,7,10,15H2,1-2H3. The fourth-order valence-corrected chi connectivity index (χ4v) is 2.98. The maximum absolute atomic E-state index is 5.84. The van der Waals surface area contributed by atoms with Gasteiger partial charge >= 0.3 is 0 Å². The second kappa shape index (κ2) is 5.61. The Morgan fingerprint density at radius 3 is 2.94 bits per heavy atom. The van der Waals surface area contributed by atoms with Crippen molar-refractivity contribution in [3.05, 3.63) is 29.6 Å². The molecule has 2 atom stereocenters. The van der Waals surface area contributed by atoms with Crippen molar-refractivity contribution in [1.29, 1.82) is 0 Å². The average Bonchev–Trinajstić information content (AvgIpc) is 2.77. The molecule has 2 N–H and O–H groups in total. The Kier molecular flexibility index (Phi) is 4.13. The molecule has 0 amide bonds. The fraction of sp³-hybridized carbons (Fsp3) is 0.643. The van der Waals surface area contributed by atoms with E-state index in [-0.39, 0.29) is 0 Å². The number of rotatable bonds is 4. The van der Waals surface area contributed by atoms with Crippen molar-refractivity contribution in [2.45, 2.75) is 38.8 Å². The Hall–Kier alpha value is -0.930. The van der Waals surface area contributed by atoms with Crippen molar-refractivity contribution in [1.82, 2.24) is 9.88 Å². The van der Waals surface area contributed by atoms with E-state index in [2.05, 4.69) is 29.9 Å². The summed E-state index contributed by atoms with van der Waals surface area (Å²) in [6.07, 6.45) is 7.77. The van der Waals surface area contributed by atoms with Crippen LogP contribution >= 0.6 is 0 Å². The van der Waals surface area contributed by atoms with Crippen LogP contribution in [-0.2, 0) is 6.54 Å². The van der Waals surface area contributed by atoms with Crippen LogP contribution in [-0.4, -0.2) is 29.5 Å². The Labute approximate surface area is 104 Å². The van der Waals surface area contributed by atoms with Gasteiger partial charge in [0.1, 0.15) is 0 Å². The van der Waals surface area contributed by atoms with Gasteiger partial charge in [-0.25, -0.2) is 0 Å². The van der Waals surface area contributed by atoms with Gasteiger partial charge in [-0.05, 0) is 50.4 Å². The molecule has 1 aliphatic rings. The zero-order valence-corrected chi connectivity index (χ0v) is 10.9. The Morgan fingerprint density at radius 2 is 2.24 bits per heavy atom. The molecule has 1 aromatic heterocycles. The van der Waals surface area contributed by atoms with E-state index in [0.29, 0.717) is 12.0 Å². The van der Waals surface area contributed by atoms with E-state index in [9.17, 15) is 0 Å². The van der Waals surface area contributed by atoms with Gasteiger partial charge in [0, 0.05) is 25.0 Å². The summed E-state index contributed by atoms with van der Waals surface area (Å²) in [6, 6.07) is 2.87. The molecule has 1 aliphatic carbocycles. The lowest BCUT2D eigenvalue weighted by Gasteiger charge is -2.29. The Bertz CT molecular complexity index is 364. The van der Waals surface area contributed by atoms with Gasteiger partial charge in [0.05, 0.1) is 0 Å². The molecule has 0 aromatic carbocycles. The minimum Gasteiger partial charge on any atom is -0.330 e. The van der Waals surface area contributed by atoms with Gasteiger partial charge < -0.3 is 5.73 Å². The van der Waals surface area contributed by atoms with Gasteiger partial charge in [0.2, 0.25) is 0 Å². The summed E-state index contributed by atoms with van der Waals surface area (Å²) < 4.78 is 0. The van der Waals surface area contributed by atoms with Crippen LogP contribution in [0.3, 0.4) is 0 Å². The molecule has 17 heavy (non-hydrogen) atoms. The first-order valence-corrected chi connectivity index (χ1v) is 6.51. The van der Waals surface area contributed by atoms with E-state index in [1.165, 1.54) is 30.4 Å². The zero-order valence-electron chi connectivity index (χ0n) is 10.9. The summed E-state index contributed by atoms with van der Waals surface area (Å²) in [4.78, 5) is 6.70. The molecular formula is C14H23N3. The quantitative estimate of drug-likeness (QED) is 0.864. The van der Waals surface area contributed by atoms with E-state index >= 15 is 0 Å². The monoisotopic (exact) mass is 233 g/mol. The summed E-state index contributed by atoms with van der Waals surface area (Å²) in [5.74, 6) is 0.678. The molecular weight excluding hydrogens is 210 g/mol. The van der Waals surface area contributed by atoms with Crippen molar-refractivity contribution in [2.24, 2.45) is 11.7 Å². The predicted octanol–water partition coefficient (Wildman–Crippen LogP) is 1.95. The number of hydrogen-bond acceptors (Lipinski definition) is 3. The average molecular weight is 233 g/mol. The molecule has 0 aliphatic heterocycles. The van der Waals surface area contributed by atoms with Gasteiger partial charge in [0.25, 0.3) is 0 Å². The topological polar surface area (TPSA) is 42.2 Å². The van der Waals surface area contributed by atoms with Crippen LogP contribution in [0.4, 0.5) is 0 Å². The highest BCUT2D eigenvalue weighted by molar-refractivity contribution is 5.16. The molecule has 2 rings (SSSR count). The Balaban J connectivity index is 1.99. The maximum Gasteiger partial charge on any atom is 0.0313 e. The van der Waals surface area contributed by atoms with Crippen LogP contribution in [0.25, 0.3) is 0 Å². The highest BCUT2D eigenvalue weighted by Crippen LogP contribution is 2.29. The first-order valence-electron chi connectivity index (χ1n) is 6.51.